The molecule has 0 heteroatoms. The summed E-state index contributed by atoms with van der Waals surface area (Å²) in [4.78, 5) is 0. The molecule has 0 aromatic heterocycles. The molecule has 1 atom stereocenters. The van der Waals surface area contributed by atoms with E-state index < -0.39 is 0 Å². The lowest BCUT2D eigenvalue weighted by atomic mass is 9.94. The molecule has 0 aliphatic rings. The minimum absolute atomic E-state index is 0. The van der Waals surface area contributed by atoms with E-state index >= 15 is 0 Å². The third-order valence-corrected chi connectivity index (χ3v) is 2.76. The SMILES string of the molecule is C.CC.CC.CCc1ccccc1CC(C)CC. The highest BCUT2D eigenvalue weighted by molar-refractivity contribution is 5.27. The van der Waals surface area contributed by atoms with Crippen LogP contribution in [0, 0.1) is 5.92 Å². The molecule has 0 amide bonds. The van der Waals surface area contributed by atoms with Crippen LogP contribution in [-0.4, -0.2) is 0 Å². The smallest absolute Gasteiger partial charge is 0.0250 e. The Morgan fingerprint density at radius 3 is 1.72 bits per heavy atom. The van der Waals surface area contributed by atoms with Crippen LogP contribution in [0.3, 0.4) is 0 Å². The molecule has 0 spiro atoms. The van der Waals surface area contributed by atoms with Crippen molar-refractivity contribution in [1.82, 2.24) is 0 Å². The first-order valence-corrected chi connectivity index (χ1v) is 7.34. The Labute approximate surface area is 117 Å². The zero-order valence-electron chi connectivity index (χ0n) is 13.0. The Morgan fingerprint density at radius 2 is 1.33 bits per heavy atom. The van der Waals surface area contributed by atoms with Gasteiger partial charge in [-0.05, 0) is 29.9 Å². The lowest BCUT2D eigenvalue weighted by Gasteiger charge is -2.11. The second kappa shape index (κ2) is 16.2. The van der Waals surface area contributed by atoms with E-state index in [1.165, 1.54) is 18.4 Å². The average Bonchev–Trinajstić information content (AvgIpc) is 2.43. The first-order valence-electron chi connectivity index (χ1n) is 7.34. The van der Waals surface area contributed by atoms with Gasteiger partial charge in [-0.3, -0.25) is 0 Å². The Bertz CT molecular complexity index is 250. The van der Waals surface area contributed by atoms with Gasteiger partial charge in [0.25, 0.3) is 0 Å². The summed E-state index contributed by atoms with van der Waals surface area (Å²) < 4.78 is 0. The molecule has 0 saturated carbocycles. The predicted molar refractivity (Wildman–Crippen MR) is 88.4 cm³/mol. The van der Waals surface area contributed by atoms with Gasteiger partial charge in [0, 0.05) is 0 Å². The Balaban J connectivity index is -0.000000409. The highest BCUT2D eigenvalue weighted by Gasteiger charge is 2.03. The molecule has 0 heterocycles. The summed E-state index contributed by atoms with van der Waals surface area (Å²) in [6.07, 6.45) is 3.67. The summed E-state index contributed by atoms with van der Waals surface area (Å²) in [5.41, 5.74) is 3.06. The predicted octanol–water partition coefficient (Wildman–Crippen LogP) is 6.53. The molecular weight excluding hydrogens is 216 g/mol. The molecule has 1 aromatic carbocycles. The topological polar surface area (TPSA) is 0 Å². The van der Waals surface area contributed by atoms with Gasteiger partial charge in [0.2, 0.25) is 0 Å². The average molecular weight is 252 g/mol. The van der Waals surface area contributed by atoms with Crippen molar-refractivity contribution in [3.63, 3.8) is 0 Å². The van der Waals surface area contributed by atoms with Crippen LogP contribution in [0.5, 0.6) is 0 Å². The minimum atomic E-state index is 0. The third kappa shape index (κ3) is 9.27. The van der Waals surface area contributed by atoms with Crippen LogP contribution < -0.4 is 0 Å². The maximum absolute atomic E-state index is 2.33. The fraction of sp³-hybridized carbons (Fsp3) is 0.667. The van der Waals surface area contributed by atoms with Gasteiger partial charge in [0.1, 0.15) is 0 Å². The van der Waals surface area contributed by atoms with E-state index in [1.807, 2.05) is 27.7 Å². The lowest BCUT2D eigenvalue weighted by Crippen LogP contribution is -2.00. The van der Waals surface area contributed by atoms with Crippen LogP contribution in [0.25, 0.3) is 0 Å². The van der Waals surface area contributed by atoms with Crippen molar-refractivity contribution >= 4 is 0 Å². The van der Waals surface area contributed by atoms with Crippen LogP contribution in [0.2, 0.25) is 0 Å². The molecular formula is C18H36. The molecule has 0 bridgehead atoms. The van der Waals surface area contributed by atoms with Crippen LogP contribution in [0.1, 0.15) is 73.4 Å². The number of rotatable bonds is 4. The van der Waals surface area contributed by atoms with Gasteiger partial charge in [0.15, 0.2) is 0 Å². The fourth-order valence-corrected chi connectivity index (χ4v) is 1.62. The van der Waals surface area contributed by atoms with E-state index in [0.29, 0.717) is 0 Å². The van der Waals surface area contributed by atoms with Crippen LogP contribution in [-0.2, 0) is 12.8 Å². The van der Waals surface area contributed by atoms with Gasteiger partial charge in [-0.2, -0.15) is 0 Å². The number of hydrogen-bond donors (Lipinski definition) is 0. The molecule has 0 radical (unpaired) electrons. The molecule has 0 nitrogen and oxygen atoms in total. The van der Waals surface area contributed by atoms with Crippen molar-refractivity contribution in [1.29, 1.82) is 0 Å². The molecule has 0 aliphatic heterocycles. The van der Waals surface area contributed by atoms with Crippen LogP contribution in [0.15, 0.2) is 24.3 Å². The van der Waals surface area contributed by atoms with Crippen LogP contribution in [0.4, 0.5) is 0 Å². The summed E-state index contributed by atoms with van der Waals surface area (Å²) in [7, 11) is 0. The van der Waals surface area contributed by atoms with Crippen molar-refractivity contribution in [3.05, 3.63) is 35.4 Å². The first-order chi connectivity index (χ1) is 8.27. The van der Waals surface area contributed by atoms with Crippen molar-refractivity contribution in [2.75, 3.05) is 0 Å². The fourth-order valence-electron chi connectivity index (χ4n) is 1.62. The molecule has 108 valence electrons. The standard InChI is InChI=1S/C13H20.2C2H6.CH4/c1-4-11(3)10-13-9-7-6-8-12(13)5-2;2*1-2;/h6-9,11H,4-5,10H2,1-3H3;2*1-2H3;1H4. The maximum atomic E-state index is 2.33. The third-order valence-electron chi connectivity index (χ3n) is 2.76. The summed E-state index contributed by atoms with van der Waals surface area (Å²) >= 11 is 0. The molecule has 1 unspecified atom stereocenters. The lowest BCUT2D eigenvalue weighted by molar-refractivity contribution is 0.558. The normalized spacial score (nSPS) is 9.94. The van der Waals surface area contributed by atoms with E-state index in [9.17, 15) is 0 Å². The monoisotopic (exact) mass is 252 g/mol. The summed E-state index contributed by atoms with van der Waals surface area (Å²) in [6.45, 7) is 14.8. The van der Waals surface area contributed by atoms with Gasteiger partial charge in [0.05, 0.1) is 0 Å². The van der Waals surface area contributed by atoms with Crippen molar-refractivity contribution in [2.45, 2.75) is 75.2 Å². The number of benzene rings is 1. The highest BCUT2D eigenvalue weighted by Crippen LogP contribution is 2.16. The zero-order valence-corrected chi connectivity index (χ0v) is 13.0. The number of aryl methyl sites for hydroxylation is 1. The number of hydrogen-bond acceptors (Lipinski definition) is 0. The van der Waals surface area contributed by atoms with Gasteiger partial charge in [-0.15, -0.1) is 0 Å². The van der Waals surface area contributed by atoms with E-state index in [4.69, 9.17) is 0 Å². The van der Waals surface area contributed by atoms with Crippen LogP contribution >= 0.6 is 0 Å². The van der Waals surface area contributed by atoms with Crippen molar-refractivity contribution < 1.29 is 0 Å². The summed E-state index contributed by atoms with van der Waals surface area (Å²) in [5, 5.41) is 0. The zero-order chi connectivity index (χ0) is 13.7. The Kier molecular flexibility index (Phi) is 20.2. The maximum Gasteiger partial charge on any atom is -0.0250 e. The highest BCUT2D eigenvalue weighted by atomic mass is 14.1. The van der Waals surface area contributed by atoms with Gasteiger partial charge in [-0.25, -0.2) is 0 Å². The minimum Gasteiger partial charge on any atom is -0.0776 e. The van der Waals surface area contributed by atoms with E-state index in [2.05, 4.69) is 45.0 Å². The molecule has 18 heavy (non-hydrogen) atoms. The second-order valence-corrected chi connectivity index (χ2v) is 3.84. The van der Waals surface area contributed by atoms with E-state index in [1.54, 1.807) is 5.56 Å². The van der Waals surface area contributed by atoms with Gasteiger partial charge < -0.3 is 0 Å². The second-order valence-electron chi connectivity index (χ2n) is 3.84. The van der Waals surface area contributed by atoms with Crippen molar-refractivity contribution in [2.24, 2.45) is 5.92 Å². The van der Waals surface area contributed by atoms with E-state index in [0.717, 1.165) is 12.3 Å². The molecule has 0 fully saturated rings. The quantitative estimate of drug-likeness (QED) is 0.571. The van der Waals surface area contributed by atoms with E-state index in [-0.39, 0.29) is 7.43 Å². The van der Waals surface area contributed by atoms with Crippen molar-refractivity contribution in [3.8, 4) is 0 Å². The van der Waals surface area contributed by atoms with Gasteiger partial charge in [-0.1, -0.05) is 86.6 Å². The van der Waals surface area contributed by atoms with Gasteiger partial charge >= 0.3 is 0 Å². The largest absolute Gasteiger partial charge is 0.0776 e. The molecule has 1 rings (SSSR count). The Hall–Kier alpha value is -0.780. The molecule has 0 saturated heterocycles. The molecule has 0 aliphatic carbocycles. The Morgan fingerprint density at radius 1 is 0.889 bits per heavy atom. The molecule has 0 N–H and O–H groups in total. The summed E-state index contributed by atoms with van der Waals surface area (Å²) in [5.74, 6) is 0.813. The summed E-state index contributed by atoms with van der Waals surface area (Å²) in [6, 6.07) is 8.80. The first kappa shape index (κ1) is 22.4. The molecule has 1 aromatic rings.